The molecular weight excluding hydrogens is 280 g/mol. The molecule has 0 aliphatic heterocycles. The van der Waals surface area contributed by atoms with Crippen molar-refractivity contribution in [3.05, 3.63) is 75.8 Å². The van der Waals surface area contributed by atoms with Gasteiger partial charge in [-0.25, -0.2) is 0 Å². The Labute approximate surface area is 128 Å². The first-order valence-electron chi connectivity index (χ1n) is 6.91. The van der Waals surface area contributed by atoms with E-state index < -0.39 is 10.8 Å². The fourth-order valence-corrected chi connectivity index (χ4v) is 1.95. The SMILES string of the molecule is CCc1ccc(/C=C/C(=O)Nc2ccccc2[N+](=O)[O-])cc1. The first kappa shape index (κ1) is 15.4. The number of hydrogen-bond acceptors (Lipinski definition) is 3. The molecule has 0 unspecified atom stereocenters. The fraction of sp³-hybridized carbons (Fsp3) is 0.118. The van der Waals surface area contributed by atoms with E-state index in [1.807, 2.05) is 24.3 Å². The van der Waals surface area contributed by atoms with Gasteiger partial charge in [-0.2, -0.15) is 0 Å². The number of nitrogens with one attached hydrogen (secondary N) is 1. The van der Waals surface area contributed by atoms with Gasteiger partial charge in [-0.05, 0) is 29.7 Å². The number of carbonyl (C=O) groups is 1. The highest BCUT2D eigenvalue weighted by atomic mass is 16.6. The summed E-state index contributed by atoms with van der Waals surface area (Å²) in [4.78, 5) is 22.2. The molecule has 0 bridgehead atoms. The van der Waals surface area contributed by atoms with Crippen LogP contribution in [0.5, 0.6) is 0 Å². The molecule has 0 atom stereocenters. The molecule has 2 rings (SSSR count). The predicted octanol–water partition coefficient (Wildman–Crippen LogP) is 3.81. The average molecular weight is 296 g/mol. The van der Waals surface area contributed by atoms with Gasteiger partial charge in [0.05, 0.1) is 4.92 Å². The van der Waals surface area contributed by atoms with Crippen molar-refractivity contribution in [1.82, 2.24) is 0 Å². The number of nitro groups is 1. The van der Waals surface area contributed by atoms with Crippen molar-refractivity contribution in [3.8, 4) is 0 Å². The summed E-state index contributed by atoms with van der Waals surface area (Å²) in [6, 6.07) is 13.9. The van der Waals surface area contributed by atoms with E-state index in [0.29, 0.717) is 0 Å². The third-order valence-corrected chi connectivity index (χ3v) is 3.17. The van der Waals surface area contributed by atoms with Crippen LogP contribution in [0, 0.1) is 10.1 Å². The Morgan fingerprint density at radius 1 is 1.18 bits per heavy atom. The Balaban J connectivity index is 2.06. The Morgan fingerprint density at radius 2 is 1.86 bits per heavy atom. The number of amides is 1. The summed E-state index contributed by atoms with van der Waals surface area (Å²) in [6.07, 6.45) is 3.99. The second-order valence-corrected chi connectivity index (χ2v) is 4.69. The minimum atomic E-state index is -0.525. The maximum atomic E-state index is 11.9. The van der Waals surface area contributed by atoms with E-state index >= 15 is 0 Å². The van der Waals surface area contributed by atoms with Gasteiger partial charge < -0.3 is 5.32 Å². The number of para-hydroxylation sites is 2. The molecule has 2 aromatic rings. The summed E-state index contributed by atoms with van der Waals surface area (Å²) in [7, 11) is 0. The quantitative estimate of drug-likeness (QED) is 0.518. The molecule has 0 saturated carbocycles. The van der Waals surface area contributed by atoms with E-state index in [4.69, 9.17) is 0 Å². The Bertz CT molecular complexity index is 706. The van der Waals surface area contributed by atoms with E-state index in [1.54, 1.807) is 18.2 Å². The van der Waals surface area contributed by atoms with Gasteiger partial charge in [0, 0.05) is 12.1 Å². The molecule has 0 aliphatic rings. The van der Waals surface area contributed by atoms with Crippen LogP contribution >= 0.6 is 0 Å². The van der Waals surface area contributed by atoms with Crippen LogP contribution in [-0.2, 0) is 11.2 Å². The lowest BCUT2D eigenvalue weighted by Gasteiger charge is -2.03. The summed E-state index contributed by atoms with van der Waals surface area (Å²) in [5.41, 5.74) is 2.18. The second-order valence-electron chi connectivity index (χ2n) is 4.69. The van der Waals surface area contributed by atoms with E-state index in [9.17, 15) is 14.9 Å². The second kappa shape index (κ2) is 7.17. The minimum Gasteiger partial charge on any atom is -0.317 e. The molecule has 5 heteroatoms. The van der Waals surface area contributed by atoms with Gasteiger partial charge in [0.2, 0.25) is 5.91 Å². The zero-order valence-corrected chi connectivity index (χ0v) is 12.2. The molecule has 0 fully saturated rings. The van der Waals surface area contributed by atoms with E-state index in [-0.39, 0.29) is 11.4 Å². The monoisotopic (exact) mass is 296 g/mol. The van der Waals surface area contributed by atoms with Gasteiger partial charge in [0.25, 0.3) is 5.69 Å². The van der Waals surface area contributed by atoms with Crippen molar-refractivity contribution in [2.75, 3.05) is 5.32 Å². The molecule has 5 nitrogen and oxygen atoms in total. The summed E-state index contributed by atoms with van der Waals surface area (Å²) in [5, 5.41) is 13.4. The van der Waals surface area contributed by atoms with Crippen molar-refractivity contribution < 1.29 is 9.72 Å². The number of hydrogen-bond donors (Lipinski definition) is 1. The number of benzene rings is 2. The third-order valence-electron chi connectivity index (χ3n) is 3.17. The lowest BCUT2D eigenvalue weighted by Crippen LogP contribution is -2.09. The van der Waals surface area contributed by atoms with Crippen molar-refractivity contribution in [1.29, 1.82) is 0 Å². The van der Waals surface area contributed by atoms with Crippen molar-refractivity contribution in [3.63, 3.8) is 0 Å². The number of anilines is 1. The highest BCUT2D eigenvalue weighted by Gasteiger charge is 2.13. The number of nitrogens with zero attached hydrogens (tertiary/aromatic N) is 1. The van der Waals surface area contributed by atoms with Crippen LogP contribution in [-0.4, -0.2) is 10.8 Å². The summed E-state index contributed by atoms with van der Waals surface area (Å²) < 4.78 is 0. The standard InChI is InChI=1S/C17H16N2O3/c1-2-13-7-9-14(10-8-13)11-12-17(20)18-15-5-3-4-6-16(15)19(21)22/h3-12H,2H2,1H3,(H,18,20)/b12-11+. The van der Waals surface area contributed by atoms with Crippen LogP contribution in [0.1, 0.15) is 18.1 Å². The number of nitro benzene ring substituents is 1. The highest BCUT2D eigenvalue weighted by Crippen LogP contribution is 2.23. The molecule has 1 N–H and O–H groups in total. The van der Waals surface area contributed by atoms with Crippen molar-refractivity contribution >= 4 is 23.4 Å². The van der Waals surface area contributed by atoms with Crippen molar-refractivity contribution in [2.24, 2.45) is 0 Å². The van der Waals surface area contributed by atoms with Crippen LogP contribution in [0.25, 0.3) is 6.08 Å². The molecule has 22 heavy (non-hydrogen) atoms. The van der Waals surface area contributed by atoms with E-state index in [2.05, 4.69) is 12.2 Å². The lowest BCUT2D eigenvalue weighted by atomic mass is 10.1. The molecule has 0 radical (unpaired) electrons. The first-order valence-corrected chi connectivity index (χ1v) is 6.91. The molecule has 2 aromatic carbocycles. The molecular formula is C17H16N2O3. The zero-order chi connectivity index (χ0) is 15.9. The predicted molar refractivity (Wildman–Crippen MR) is 86.6 cm³/mol. The molecule has 112 valence electrons. The molecule has 1 amide bonds. The van der Waals surface area contributed by atoms with Crippen molar-refractivity contribution in [2.45, 2.75) is 13.3 Å². The highest BCUT2D eigenvalue weighted by molar-refractivity contribution is 6.03. The summed E-state index contributed by atoms with van der Waals surface area (Å²) >= 11 is 0. The topological polar surface area (TPSA) is 72.2 Å². The van der Waals surface area contributed by atoms with Gasteiger partial charge in [0.15, 0.2) is 0 Å². The van der Waals surface area contributed by atoms with Gasteiger partial charge in [-0.15, -0.1) is 0 Å². The number of carbonyl (C=O) groups excluding carboxylic acids is 1. The maximum Gasteiger partial charge on any atom is 0.292 e. The van der Waals surface area contributed by atoms with Gasteiger partial charge >= 0.3 is 0 Å². The maximum absolute atomic E-state index is 11.9. The van der Waals surface area contributed by atoms with Crippen LogP contribution in [0.2, 0.25) is 0 Å². The first-order chi connectivity index (χ1) is 10.6. The molecule has 0 spiro atoms. The molecule has 0 aromatic heterocycles. The van der Waals surface area contributed by atoms with Crippen LogP contribution in [0.4, 0.5) is 11.4 Å². The average Bonchev–Trinajstić information content (AvgIpc) is 2.53. The van der Waals surface area contributed by atoms with Crippen LogP contribution in [0.15, 0.2) is 54.6 Å². The van der Waals surface area contributed by atoms with Crippen LogP contribution < -0.4 is 5.32 Å². The van der Waals surface area contributed by atoms with Gasteiger partial charge in [-0.1, -0.05) is 43.3 Å². The smallest absolute Gasteiger partial charge is 0.292 e. The molecule has 0 saturated heterocycles. The minimum absolute atomic E-state index is 0.128. The molecule has 0 heterocycles. The van der Waals surface area contributed by atoms with E-state index in [0.717, 1.165) is 12.0 Å². The normalized spacial score (nSPS) is 10.6. The molecule has 0 aliphatic carbocycles. The largest absolute Gasteiger partial charge is 0.317 e. The Kier molecular flexibility index (Phi) is 5.03. The lowest BCUT2D eigenvalue weighted by molar-refractivity contribution is -0.383. The van der Waals surface area contributed by atoms with E-state index in [1.165, 1.54) is 23.8 Å². The number of rotatable bonds is 5. The Morgan fingerprint density at radius 3 is 2.50 bits per heavy atom. The third kappa shape index (κ3) is 4.02. The van der Waals surface area contributed by atoms with Gasteiger partial charge in [0.1, 0.15) is 5.69 Å². The Hall–Kier alpha value is -2.95. The zero-order valence-electron chi connectivity index (χ0n) is 12.2. The fourth-order valence-electron chi connectivity index (χ4n) is 1.95. The summed E-state index contributed by atoms with van der Waals surface area (Å²) in [5.74, 6) is -0.408. The van der Waals surface area contributed by atoms with Gasteiger partial charge in [-0.3, -0.25) is 14.9 Å². The van der Waals surface area contributed by atoms with Crippen LogP contribution in [0.3, 0.4) is 0 Å². The number of aryl methyl sites for hydroxylation is 1. The summed E-state index contributed by atoms with van der Waals surface area (Å²) in [6.45, 7) is 2.07.